The zero-order valence-corrected chi connectivity index (χ0v) is 19.0. The van der Waals surface area contributed by atoms with Gasteiger partial charge in [-0.2, -0.15) is 0 Å². The molecule has 1 aliphatic heterocycles. The highest BCUT2D eigenvalue weighted by Gasteiger charge is 2.51. The molecule has 11 nitrogen and oxygen atoms in total. The molecule has 180 valence electrons. The fraction of sp³-hybridized carbons (Fsp3) is 0.500. The number of benzene rings is 1. The summed E-state index contributed by atoms with van der Waals surface area (Å²) in [6.45, 7) is 4.37. The highest BCUT2D eigenvalue weighted by Crippen LogP contribution is 2.30. The van der Waals surface area contributed by atoms with E-state index in [1.165, 1.54) is 41.0 Å². The average Bonchev–Trinajstić information content (AvgIpc) is 2.73. The van der Waals surface area contributed by atoms with Crippen LogP contribution in [-0.4, -0.2) is 74.5 Å². The molecule has 11 heteroatoms. The Balaban J connectivity index is 2.45. The maximum absolute atomic E-state index is 11.9. The lowest BCUT2D eigenvalue weighted by Gasteiger charge is -2.42. The van der Waals surface area contributed by atoms with Gasteiger partial charge in [-0.1, -0.05) is 0 Å². The number of rotatable bonds is 8. The van der Waals surface area contributed by atoms with Gasteiger partial charge >= 0.3 is 23.9 Å². The quantitative estimate of drug-likeness (QED) is 0.313. The third kappa shape index (κ3) is 7.86. The van der Waals surface area contributed by atoms with E-state index in [9.17, 15) is 19.2 Å². The van der Waals surface area contributed by atoms with Crippen LogP contribution in [-0.2, 0) is 42.9 Å². The summed E-state index contributed by atoms with van der Waals surface area (Å²) in [5.74, 6) is -2.00. The SMILES string of the molecule is COc1ccc(C=N[C@@H]2[C@H](OC(C)=O)O[C@H](COC(C)=O)[C@@H](OC(C)=O)[C@H]2OC(C)=O)cc1. The second-order valence-corrected chi connectivity index (χ2v) is 7.14. The summed E-state index contributed by atoms with van der Waals surface area (Å²) in [6.07, 6.45) is -3.31. The minimum absolute atomic E-state index is 0.336. The van der Waals surface area contributed by atoms with E-state index in [0.29, 0.717) is 11.3 Å². The van der Waals surface area contributed by atoms with Crippen LogP contribution in [0.1, 0.15) is 33.3 Å². The van der Waals surface area contributed by atoms with Crippen molar-refractivity contribution in [1.29, 1.82) is 0 Å². The number of methoxy groups -OCH3 is 1. The molecule has 1 aromatic rings. The van der Waals surface area contributed by atoms with E-state index in [2.05, 4.69) is 4.99 Å². The molecule has 1 aromatic carbocycles. The molecule has 0 spiro atoms. The van der Waals surface area contributed by atoms with Gasteiger partial charge in [0.1, 0.15) is 18.5 Å². The molecule has 33 heavy (non-hydrogen) atoms. The Morgan fingerprint density at radius 3 is 1.97 bits per heavy atom. The largest absolute Gasteiger partial charge is 0.497 e. The van der Waals surface area contributed by atoms with Gasteiger partial charge in [-0.25, -0.2) is 0 Å². The van der Waals surface area contributed by atoms with Crippen molar-refractivity contribution in [2.24, 2.45) is 4.99 Å². The number of carbonyl (C=O) groups is 4. The van der Waals surface area contributed by atoms with Gasteiger partial charge in [0.2, 0.25) is 6.29 Å². The second-order valence-electron chi connectivity index (χ2n) is 7.14. The van der Waals surface area contributed by atoms with E-state index < -0.39 is 54.5 Å². The first-order valence-corrected chi connectivity index (χ1v) is 10.1. The molecule has 1 aliphatic rings. The number of hydrogen-bond acceptors (Lipinski definition) is 11. The predicted molar refractivity (Wildman–Crippen MR) is 113 cm³/mol. The normalized spacial score (nSPS) is 24.6. The van der Waals surface area contributed by atoms with Crippen LogP contribution in [0.5, 0.6) is 5.75 Å². The van der Waals surface area contributed by atoms with Crippen LogP contribution in [0, 0.1) is 0 Å². The third-order valence-electron chi connectivity index (χ3n) is 4.46. The zero-order valence-electron chi connectivity index (χ0n) is 19.0. The van der Waals surface area contributed by atoms with Crippen molar-refractivity contribution < 1.29 is 47.6 Å². The fourth-order valence-electron chi connectivity index (χ4n) is 3.17. The van der Waals surface area contributed by atoms with E-state index in [1.54, 1.807) is 24.3 Å². The standard InChI is InChI=1S/C22H27NO10/c1-12(24)29-11-18-20(30-13(2)25)21(31-14(3)26)19(22(33-18)32-15(4)27)23-10-16-6-8-17(28-5)9-7-16/h6-10,18-22H,11H2,1-5H3/t18-,19+,20-,21+,22-/m1/s1. The predicted octanol–water partition coefficient (Wildman–Crippen LogP) is 1.20. The molecular formula is C22H27NO10. The summed E-state index contributed by atoms with van der Waals surface area (Å²) in [6, 6.07) is 5.84. The van der Waals surface area contributed by atoms with Crippen molar-refractivity contribution in [2.45, 2.75) is 58.3 Å². The fourth-order valence-corrected chi connectivity index (χ4v) is 3.17. The van der Waals surface area contributed by atoms with E-state index >= 15 is 0 Å². The number of hydrogen-bond donors (Lipinski definition) is 0. The van der Waals surface area contributed by atoms with Crippen molar-refractivity contribution in [1.82, 2.24) is 0 Å². The number of carbonyl (C=O) groups excluding carboxylic acids is 4. The van der Waals surface area contributed by atoms with Gasteiger partial charge in [0, 0.05) is 33.9 Å². The topological polar surface area (TPSA) is 136 Å². The summed E-state index contributed by atoms with van der Waals surface area (Å²) in [5.41, 5.74) is 0.671. The molecule has 1 heterocycles. The first-order chi connectivity index (χ1) is 15.6. The molecule has 2 rings (SSSR count). The highest BCUT2D eigenvalue weighted by atomic mass is 16.7. The Hall–Kier alpha value is -3.47. The van der Waals surface area contributed by atoms with Crippen LogP contribution in [0.2, 0.25) is 0 Å². The van der Waals surface area contributed by atoms with Gasteiger partial charge in [0.15, 0.2) is 18.2 Å². The van der Waals surface area contributed by atoms with E-state index in [1.807, 2.05) is 0 Å². The Morgan fingerprint density at radius 1 is 0.879 bits per heavy atom. The van der Waals surface area contributed by atoms with Crippen LogP contribution in [0.3, 0.4) is 0 Å². The summed E-state index contributed by atoms with van der Waals surface area (Å²) >= 11 is 0. The van der Waals surface area contributed by atoms with Crippen molar-refractivity contribution in [3.63, 3.8) is 0 Å². The molecule has 0 aliphatic carbocycles. The number of ether oxygens (including phenoxy) is 6. The zero-order chi connectivity index (χ0) is 24.5. The van der Waals surface area contributed by atoms with Crippen LogP contribution in [0.4, 0.5) is 0 Å². The number of aliphatic imine (C=N–C) groups is 1. The molecule has 0 N–H and O–H groups in total. The lowest BCUT2D eigenvalue weighted by molar-refractivity contribution is -0.266. The maximum atomic E-state index is 11.9. The van der Waals surface area contributed by atoms with E-state index in [0.717, 1.165) is 0 Å². The van der Waals surface area contributed by atoms with Gasteiger partial charge in [0.05, 0.1) is 7.11 Å². The molecule has 0 radical (unpaired) electrons. The lowest BCUT2D eigenvalue weighted by Crippen LogP contribution is -2.61. The molecule has 0 saturated carbocycles. The Labute approximate surface area is 190 Å². The Bertz CT molecular complexity index is 882. The van der Waals surface area contributed by atoms with Crippen molar-refractivity contribution in [3.05, 3.63) is 29.8 Å². The third-order valence-corrected chi connectivity index (χ3v) is 4.46. The van der Waals surface area contributed by atoms with E-state index in [-0.39, 0.29) is 6.61 Å². The van der Waals surface area contributed by atoms with Gasteiger partial charge < -0.3 is 28.4 Å². The molecule has 1 saturated heterocycles. The summed E-state index contributed by atoms with van der Waals surface area (Å²) in [7, 11) is 1.54. The Morgan fingerprint density at radius 2 is 1.45 bits per heavy atom. The van der Waals surface area contributed by atoms with Gasteiger partial charge in [-0.3, -0.25) is 24.2 Å². The minimum Gasteiger partial charge on any atom is -0.497 e. The molecule has 1 fully saturated rings. The van der Waals surface area contributed by atoms with Gasteiger partial charge in [0.25, 0.3) is 0 Å². The minimum atomic E-state index is -1.31. The van der Waals surface area contributed by atoms with Crippen molar-refractivity contribution in [3.8, 4) is 5.75 Å². The number of esters is 4. The second kappa shape index (κ2) is 12.0. The molecular weight excluding hydrogens is 438 g/mol. The molecule has 0 unspecified atom stereocenters. The van der Waals surface area contributed by atoms with Crippen LogP contribution in [0.15, 0.2) is 29.3 Å². The van der Waals surface area contributed by atoms with Crippen molar-refractivity contribution in [2.75, 3.05) is 13.7 Å². The first-order valence-electron chi connectivity index (χ1n) is 10.1. The highest BCUT2D eigenvalue weighted by molar-refractivity contribution is 5.80. The molecule has 5 atom stereocenters. The smallest absolute Gasteiger partial charge is 0.305 e. The van der Waals surface area contributed by atoms with Crippen LogP contribution in [0.25, 0.3) is 0 Å². The summed E-state index contributed by atoms with van der Waals surface area (Å²) in [4.78, 5) is 51.1. The first kappa shape index (κ1) is 25.8. The Kier molecular flexibility index (Phi) is 9.34. The van der Waals surface area contributed by atoms with Crippen molar-refractivity contribution >= 4 is 30.1 Å². The van der Waals surface area contributed by atoms with Gasteiger partial charge in [-0.15, -0.1) is 0 Å². The monoisotopic (exact) mass is 465 g/mol. The van der Waals surface area contributed by atoms with Crippen LogP contribution < -0.4 is 4.74 Å². The molecule has 0 amide bonds. The lowest BCUT2D eigenvalue weighted by atomic mass is 9.96. The molecule has 0 aromatic heterocycles. The van der Waals surface area contributed by atoms with E-state index in [4.69, 9.17) is 28.4 Å². The maximum Gasteiger partial charge on any atom is 0.305 e. The average molecular weight is 465 g/mol. The van der Waals surface area contributed by atoms with Crippen LogP contribution >= 0.6 is 0 Å². The van der Waals surface area contributed by atoms with Gasteiger partial charge in [-0.05, 0) is 29.8 Å². The number of nitrogens with zero attached hydrogens (tertiary/aromatic N) is 1. The summed E-state index contributed by atoms with van der Waals surface area (Å²) < 4.78 is 32.0. The molecule has 0 bridgehead atoms. The summed E-state index contributed by atoms with van der Waals surface area (Å²) in [5, 5.41) is 0.